The maximum Gasteiger partial charge on any atom is 0.320 e. The fourth-order valence-corrected chi connectivity index (χ4v) is 1.96. The highest BCUT2D eigenvalue weighted by Crippen LogP contribution is 2.19. The molecular formula is C13H16INO4. The second-order valence-corrected chi connectivity index (χ2v) is 5.41. The number of ether oxygens (including phenoxy) is 2. The van der Waals surface area contributed by atoms with Crippen molar-refractivity contribution in [1.29, 1.82) is 0 Å². The molecule has 104 valence electrons. The van der Waals surface area contributed by atoms with E-state index in [1.807, 2.05) is 35.6 Å². The molecule has 19 heavy (non-hydrogen) atoms. The monoisotopic (exact) mass is 377 g/mol. The minimum atomic E-state index is -0.414. The van der Waals surface area contributed by atoms with Crippen LogP contribution in [-0.2, 0) is 9.53 Å². The highest BCUT2D eigenvalue weighted by atomic mass is 127. The van der Waals surface area contributed by atoms with E-state index in [4.69, 9.17) is 4.74 Å². The van der Waals surface area contributed by atoms with Gasteiger partial charge < -0.3 is 14.8 Å². The summed E-state index contributed by atoms with van der Waals surface area (Å²) in [5.41, 5.74) is 1.42. The van der Waals surface area contributed by atoms with Crippen LogP contribution in [0.15, 0.2) is 18.2 Å². The Bertz CT molecular complexity index is 476. The molecule has 0 heterocycles. The van der Waals surface area contributed by atoms with Gasteiger partial charge in [0.15, 0.2) is 0 Å². The molecule has 1 N–H and O–H groups in total. The minimum Gasteiger partial charge on any atom is -0.496 e. The molecule has 1 amide bonds. The number of carbonyl (C=O) groups is 2. The van der Waals surface area contributed by atoms with Crippen molar-refractivity contribution in [3.05, 3.63) is 29.3 Å². The van der Waals surface area contributed by atoms with Crippen molar-refractivity contribution < 1.29 is 19.1 Å². The quantitative estimate of drug-likeness (QED) is 0.482. The highest BCUT2D eigenvalue weighted by molar-refractivity contribution is 14.1. The molecule has 1 atom stereocenters. The number of halogens is 1. The molecule has 1 unspecified atom stereocenters. The predicted molar refractivity (Wildman–Crippen MR) is 79.9 cm³/mol. The van der Waals surface area contributed by atoms with Crippen LogP contribution in [0.1, 0.15) is 15.9 Å². The molecule has 0 aliphatic heterocycles. The number of esters is 1. The molecule has 0 saturated heterocycles. The van der Waals surface area contributed by atoms with E-state index in [9.17, 15) is 9.59 Å². The van der Waals surface area contributed by atoms with Gasteiger partial charge in [-0.3, -0.25) is 9.59 Å². The van der Waals surface area contributed by atoms with Crippen molar-refractivity contribution in [2.45, 2.75) is 10.8 Å². The average molecular weight is 377 g/mol. The SMILES string of the molecule is COC(=O)C(I)CNC(=O)c1cc(C)ccc1OC. The number of hydrogen-bond donors (Lipinski definition) is 1. The van der Waals surface area contributed by atoms with Crippen molar-refractivity contribution in [2.24, 2.45) is 0 Å². The van der Waals surface area contributed by atoms with Gasteiger partial charge in [-0.05, 0) is 19.1 Å². The number of rotatable bonds is 5. The number of methoxy groups -OCH3 is 2. The van der Waals surface area contributed by atoms with Gasteiger partial charge in [-0.2, -0.15) is 0 Å². The first-order chi connectivity index (χ1) is 8.99. The van der Waals surface area contributed by atoms with E-state index >= 15 is 0 Å². The number of carbonyl (C=O) groups excluding carboxylic acids is 2. The second-order valence-electron chi connectivity index (χ2n) is 3.90. The first-order valence-corrected chi connectivity index (χ1v) is 6.89. The third-order valence-corrected chi connectivity index (χ3v) is 3.45. The maximum absolute atomic E-state index is 12.0. The lowest BCUT2D eigenvalue weighted by molar-refractivity contribution is -0.139. The second kappa shape index (κ2) is 7.32. The van der Waals surface area contributed by atoms with Crippen LogP contribution in [0.5, 0.6) is 5.75 Å². The Morgan fingerprint density at radius 3 is 2.63 bits per heavy atom. The number of amides is 1. The van der Waals surface area contributed by atoms with Gasteiger partial charge in [0.05, 0.1) is 19.8 Å². The predicted octanol–water partition coefficient (Wildman–Crippen LogP) is 1.71. The van der Waals surface area contributed by atoms with Crippen LogP contribution in [0.2, 0.25) is 0 Å². The van der Waals surface area contributed by atoms with Crippen LogP contribution in [-0.4, -0.2) is 36.6 Å². The number of aryl methyl sites for hydroxylation is 1. The lowest BCUT2D eigenvalue weighted by Crippen LogP contribution is -2.34. The van der Waals surface area contributed by atoms with Crippen molar-refractivity contribution >= 4 is 34.5 Å². The summed E-state index contributed by atoms with van der Waals surface area (Å²) >= 11 is 1.92. The fraction of sp³-hybridized carbons (Fsp3) is 0.385. The molecule has 1 aromatic rings. The fourth-order valence-electron chi connectivity index (χ4n) is 1.49. The van der Waals surface area contributed by atoms with Crippen molar-refractivity contribution in [1.82, 2.24) is 5.32 Å². The summed E-state index contributed by atoms with van der Waals surface area (Å²) in [5, 5.41) is 2.69. The van der Waals surface area contributed by atoms with E-state index < -0.39 is 3.92 Å². The van der Waals surface area contributed by atoms with Crippen LogP contribution < -0.4 is 10.1 Å². The minimum absolute atomic E-state index is 0.211. The highest BCUT2D eigenvalue weighted by Gasteiger charge is 2.18. The number of nitrogens with one attached hydrogen (secondary N) is 1. The zero-order valence-corrected chi connectivity index (χ0v) is 13.2. The number of hydrogen-bond acceptors (Lipinski definition) is 4. The molecule has 0 aliphatic carbocycles. The zero-order chi connectivity index (χ0) is 14.4. The lowest BCUT2D eigenvalue weighted by Gasteiger charge is -2.12. The standard InChI is InChI=1S/C13H16INO4/c1-8-4-5-11(18-2)9(6-8)12(16)15-7-10(14)13(17)19-3/h4-6,10H,7H2,1-3H3,(H,15,16). The van der Waals surface area contributed by atoms with Crippen LogP contribution in [0.3, 0.4) is 0 Å². The Kier molecular flexibility index (Phi) is 6.07. The van der Waals surface area contributed by atoms with E-state index in [0.29, 0.717) is 11.3 Å². The lowest BCUT2D eigenvalue weighted by atomic mass is 10.1. The Labute approximate surface area is 125 Å². The summed E-state index contributed by atoms with van der Waals surface area (Å²) in [4.78, 5) is 23.3. The van der Waals surface area contributed by atoms with Gasteiger partial charge in [0.1, 0.15) is 9.67 Å². The molecule has 0 bridgehead atoms. The molecule has 1 aromatic carbocycles. The van der Waals surface area contributed by atoms with Gasteiger partial charge in [0.25, 0.3) is 5.91 Å². The van der Waals surface area contributed by atoms with Crippen LogP contribution in [0, 0.1) is 6.92 Å². The summed E-state index contributed by atoms with van der Waals surface area (Å²) in [6, 6.07) is 5.35. The molecule has 0 fully saturated rings. The van der Waals surface area contributed by atoms with E-state index in [1.54, 1.807) is 12.1 Å². The van der Waals surface area contributed by atoms with E-state index in [1.165, 1.54) is 14.2 Å². The Balaban J connectivity index is 2.73. The number of alkyl halides is 1. The molecule has 0 aromatic heterocycles. The normalized spacial score (nSPS) is 11.6. The third kappa shape index (κ3) is 4.38. The van der Waals surface area contributed by atoms with Crippen molar-refractivity contribution in [2.75, 3.05) is 20.8 Å². The molecule has 0 saturated carbocycles. The molecule has 6 heteroatoms. The van der Waals surface area contributed by atoms with Crippen LogP contribution >= 0.6 is 22.6 Å². The molecule has 5 nitrogen and oxygen atoms in total. The summed E-state index contributed by atoms with van der Waals surface area (Å²) in [6.45, 7) is 2.11. The summed E-state index contributed by atoms with van der Waals surface area (Å²) in [7, 11) is 2.83. The maximum atomic E-state index is 12.0. The largest absolute Gasteiger partial charge is 0.496 e. The summed E-state index contributed by atoms with van der Waals surface area (Å²) < 4.78 is 9.32. The first kappa shape index (κ1) is 15.7. The van der Waals surface area contributed by atoms with Crippen molar-refractivity contribution in [3.63, 3.8) is 0 Å². The van der Waals surface area contributed by atoms with E-state index in [2.05, 4.69) is 10.1 Å². The molecule has 0 aliphatic rings. The average Bonchev–Trinajstić information content (AvgIpc) is 2.43. The van der Waals surface area contributed by atoms with Crippen LogP contribution in [0.25, 0.3) is 0 Å². The van der Waals surface area contributed by atoms with Gasteiger partial charge in [0, 0.05) is 6.54 Å². The molecule has 0 radical (unpaired) electrons. The Hall–Kier alpha value is -1.31. The summed E-state index contributed by atoms with van der Waals surface area (Å²) in [5.74, 6) is -0.130. The van der Waals surface area contributed by atoms with E-state index in [0.717, 1.165) is 5.56 Å². The number of benzene rings is 1. The summed E-state index contributed by atoms with van der Waals surface area (Å²) in [6.07, 6.45) is 0. The topological polar surface area (TPSA) is 64.6 Å². The smallest absolute Gasteiger partial charge is 0.320 e. The molecule has 0 spiro atoms. The zero-order valence-electron chi connectivity index (χ0n) is 11.0. The van der Waals surface area contributed by atoms with Crippen LogP contribution in [0.4, 0.5) is 0 Å². The van der Waals surface area contributed by atoms with Gasteiger partial charge >= 0.3 is 5.97 Å². The Morgan fingerprint density at radius 1 is 1.37 bits per heavy atom. The van der Waals surface area contributed by atoms with Crippen molar-refractivity contribution in [3.8, 4) is 5.75 Å². The van der Waals surface area contributed by atoms with Gasteiger partial charge in [0.2, 0.25) is 0 Å². The molecule has 1 rings (SSSR count). The molecular weight excluding hydrogens is 361 g/mol. The third-order valence-electron chi connectivity index (χ3n) is 2.50. The van der Waals surface area contributed by atoms with E-state index in [-0.39, 0.29) is 18.4 Å². The van der Waals surface area contributed by atoms with Gasteiger partial charge in [-0.25, -0.2) is 0 Å². The first-order valence-electron chi connectivity index (χ1n) is 5.64. The van der Waals surface area contributed by atoms with Gasteiger partial charge in [-0.1, -0.05) is 34.2 Å². The van der Waals surface area contributed by atoms with Gasteiger partial charge in [-0.15, -0.1) is 0 Å². The Morgan fingerprint density at radius 2 is 2.05 bits per heavy atom.